The minimum atomic E-state index is -4.96. The van der Waals surface area contributed by atoms with E-state index in [1.54, 1.807) is 0 Å². The summed E-state index contributed by atoms with van der Waals surface area (Å²) in [6.07, 6.45) is 48.9. The number of hydrogen-bond donors (Lipinski definition) is 3. The van der Waals surface area contributed by atoms with Crippen LogP contribution in [0.4, 0.5) is 0 Å². The van der Waals surface area contributed by atoms with Crippen molar-refractivity contribution in [3.63, 3.8) is 0 Å². The van der Waals surface area contributed by atoms with Gasteiger partial charge in [-0.3, -0.25) is 37.3 Å². The highest BCUT2D eigenvalue weighted by Crippen LogP contribution is 2.45. The molecule has 3 N–H and O–H groups in total. The van der Waals surface area contributed by atoms with E-state index in [4.69, 9.17) is 37.0 Å². The van der Waals surface area contributed by atoms with Gasteiger partial charge in [0.25, 0.3) is 0 Å². The van der Waals surface area contributed by atoms with Crippen molar-refractivity contribution in [2.75, 3.05) is 39.6 Å². The fraction of sp³-hybridized carbons (Fsp3) is 0.947. The molecule has 0 aliphatic heterocycles. The summed E-state index contributed by atoms with van der Waals surface area (Å²) in [5.41, 5.74) is 0. The van der Waals surface area contributed by atoms with Crippen molar-refractivity contribution in [3.8, 4) is 0 Å². The zero-order valence-electron chi connectivity index (χ0n) is 61.6. The van der Waals surface area contributed by atoms with Crippen LogP contribution in [0, 0.1) is 23.7 Å². The molecule has 17 nitrogen and oxygen atoms in total. The minimum Gasteiger partial charge on any atom is -0.462 e. The van der Waals surface area contributed by atoms with Crippen LogP contribution < -0.4 is 0 Å². The van der Waals surface area contributed by atoms with Gasteiger partial charge in [-0.2, -0.15) is 0 Å². The summed E-state index contributed by atoms with van der Waals surface area (Å²) in [5, 5.41) is 10.6. The molecule has 0 aromatic heterocycles. The summed E-state index contributed by atoms with van der Waals surface area (Å²) in [7, 11) is -9.91. The molecule has 0 bridgehead atoms. The normalized spacial score (nSPS) is 14.2. The van der Waals surface area contributed by atoms with Crippen LogP contribution in [0.2, 0.25) is 0 Å². The number of phosphoric ester groups is 2. The van der Waals surface area contributed by atoms with Crippen LogP contribution >= 0.6 is 15.6 Å². The van der Waals surface area contributed by atoms with Crippen molar-refractivity contribution in [1.29, 1.82) is 0 Å². The highest BCUT2D eigenvalue weighted by Gasteiger charge is 2.30. The van der Waals surface area contributed by atoms with Crippen LogP contribution in [0.3, 0.4) is 0 Å². The molecule has 0 aliphatic carbocycles. The predicted octanol–water partition coefficient (Wildman–Crippen LogP) is 21.7. The lowest BCUT2D eigenvalue weighted by molar-refractivity contribution is -0.161. The van der Waals surface area contributed by atoms with E-state index in [0.29, 0.717) is 37.5 Å². The summed E-state index contributed by atoms with van der Waals surface area (Å²) >= 11 is 0. The molecule has 0 aromatic rings. The van der Waals surface area contributed by atoms with Crippen LogP contribution in [-0.2, 0) is 65.4 Å². The lowest BCUT2D eigenvalue weighted by Crippen LogP contribution is -2.30. The number of ether oxygens (including phenoxy) is 4. The summed E-state index contributed by atoms with van der Waals surface area (Å²) < 4.78 is 68.4. The number of carbonyl (C=O) groups is 4. The quantitative estimate of drug-likeness (QED) is 0.0222. The second-order valence-electron chi connectivity index (χ2n) is 28.9. The van der Waals surface area contributed by atoms with E-state index in [1.165, 1.54) is 173 Å². The van der Waals surface area contributed by atoms with Gasteiger partial charge in [0.05, 0.1) is 26.4 Å². The summed E-state index contributed by atoms with van der Waals surface area (Å²) in [4.78, 5) is 72.7. The highest BCUT2D eigenvalue weighted by molar-refractivity contribution is 7.47. The monoisotopic (exact) mass is 1380 g/mol. The maximum absolute atomic E-state index is 13.1. The molecule has 0 rings (SSSR count). The molecular formula is C75H146O17P2. The predicted molar refractivity (Wildman–Crippen MR) is 381 cm³/mol. The van der Waals surface area contributed by atoms with Crippen LogP contribution in [0.1, 0.15) is 376 Å². The molecule has 94 heavy (non-hydrogen) atoms. The van der Waals surface area contributed by atoms with Gasteiger partial charge in [-0.25, -0.2) is 9.13 Å². The number of esters is 4. The Labute approximate surface area is 575 Å². The molecule has 0 aliphatic rings. The first-order valence-corrected chi connectivity index (χ1v) is 41.7. The molecule has 0 aromatic carbocycles. The smallest absolute Gasteiger partial charge is 0.462 e. The Bertz CT molecular complexity index is 1850. The number of phosphoric acid groups is 2. The van der Waals surface area contributed by atoms with Gasteiger partial charge < -0.3 is 33.8 Å². The molecule has 0 spiro atoms. The van der Waals surface area contributed by atoms with Crippen molar-refractivity contribution in [3.05, 3.63) is 0 Å². The van der Waals surface area contributed by atoms with Gasteiger partial charge in [-0.05, 0) is 49.4 Å². The molecule has 0 heterocycles. The topological polar surface area (TPSA) is 237 Å². The van der Waals surface area contributed by atoms with Crippen molar-refractivity contribution >= 4 is 39.5 Å². The van der Waals surface area contributed by atoms with Crippen LogP contribution in [0.15, 0.2) is 0 Å². The third-order valence-electron chi connectivity index (χ3n) is 17.3. The standard InChI is InChI=1S/C75H146O17P2/c1-65(2)51-43-35-27-21-17-15-13-11-9-10-12-14-16-18-24-32-41-49-57-74(79)91-70(62-86-73(78)56-48-40-33-25-29-37-45-53-67(5)6)63-89-93(81,82)87-59-69(76)60-88-94(83,84)90-64-71(92-75(80)58-50-42-34-26-30-38-46-54-68(7)8)61-85-72(77)55-47-39-31-23-20-19-22-28-36-44-52-66(3)4/h65-71,76H,9-64H2,1-8H3,(H,81,82)(H,83,84)/t69?,70-,71-/m1/s1. The van der Waals surface area contributed by atoms with E-state index in [0.717, 1.165) is 108 Å². The van der Waals surface area contributed by atoms with Gasteiger partial charge in [0, 0.05) is 25.7 Å². The fourth-order valence-corrected chi connectivity index (χ4v) is 13.0. The number of rotatable bonds is 72. The maximum Gasteiger partial charge on any atom is 0.472 e. The molecule has 0 amide bonds. The molecule has 0 radical (unpaired) electrons. The van der Waals surface area contributed by atoms with Gasteiger partial charge in [0.15, 0.2) is 12.2 Å². The number of unbranched alkanes of at least 4 members (excludes halogenated alkanes) is 38. The van der Waals surface area contributed by atoms with Gasteiger partial charge in [-0.1, -0.05) is 325 Å². The minimum absolute atomic E-state index is 0.103. The lowest BCUT2D eigenvalue weighted by Gasteiger charge is -2.21. The summed E-state index contributed by atoms with van der Waals surface area (Å²) in [6, 6.07) is 0. The highest BCUT2D eigenvalue weighted by atomic mass is 31.2. The number of carbonyl (C=O) groups excluding carboxylic acids is 4. The van der Waals surface area contributed by atoms with Crippen molar-refractivity contribution < 1.29 is 80.2 Å². The van der Waals surface area contributed by atoms with E-state index >= 15 is 0 Å². The first-order valence-electron chi connectivity index (χ1n) is 38.7. The van der Waals surface area contributed by atoms with Gasteiger partial charge in [-0.15, -0.1) is 0 Å². The van der Waals surface area contributed by atoms with E-state index in [1.807, 2.05) is 0 Å². The molecule has 0 saturated carbocycles. The largest absolute Gasteiger partial charge is 0.472 e. The summed E-state index contributed by atoms with van der Waals surface area (Å²) in [5.74, 6) is 0.853. The van der Waals surface area contributed by atoms with Crippen LogP contribution in [-0.4, -0.2) is 96.7 Å². The summed E-state index contributed by atoms with van der Waals surface area (Å²) in [6.45, 7) is 14.1. The van der Waals surface area contributed by atoms with Crippen LogP contribution in [0.25, 0.3) is 0 Å². The first-order chi connectivity index (χ1) is 45.1. The van der Waals surface area contributed by atoms with E-state index in [-0.39, 0.29) is 25.7 Å². The van der Waals surface area contributed by atoms with E-state index in [2.05, 4.69) is 55.4 Å². The number of hydrogen-bond acceptors (Lipinski definition) is 15. The molecule has 19 heteroatoms. The van der Waals surface area contributed by atoms with Gasteiger partial charge in [0.1, 0.15) is 19.3 Å². The zero-order valence-corrected chi connectivity index (χ0v) is 63.4. The Balaban J connectivity index is 5.17. The second-order valence-corrected chi connectivity index (χ2v) is 31.9. The van der Waals surface area contributed by atoms with Crippen LogP contribution in [0.5, 0.6) is 0 Å². The lowest BCUT2D eigenvalue weighted by atomic mass is 10.0. The average molecular weight is 1380 g/mol. The Hall–Kier alpha value is -1.94. The number of aliphatic hydroxyl groups is 1. The molecule has 0 saturated heterocycles. The fourth-order valence-electron chi connectivity index (χ4n) is 11.4. The molecule has 558 valence electrons. The average Bonchev–Trinajstić information content (AvgIpc) is 1.37. The van der Waals surface area contributed by atoms with Gasteiger partial charge >= 0.3 is 39.5 Å². The molecule has 0 fully saturated rings. The van der Waals surface area contributed by atoms with Gasteiger partial charge in [0.2, 0.25) is 0 Å². The molecule has 3 unspecified atom stereocenters. The second kappa shape index (κ2) is 64.4. The third kappa shape index (κ3) is 68.6. The number of aliphatic hydroxyl groups excluding tert-OH is 1. The third-order valence-corrected chi connectivity index (χ3v) is 19.2. The van der Waals surface area contributed by atoms with Crippen molar-refractivity contribution in [2.24, 2.45) is 23.7 Å². The SMILES string of the molecule is CC(C)CCCCCCCCCCCCCCCCCCCCC(=O)O[C@H](COC(=O)CCCCCCCCCC(C)C)COP(=O)(O)OCC(O)COP(=O)(O)OC[C@@H](COC(=O)CCCCCCCCCCCCC(C)C)OC(=O)CCCCCCCCCC(C)C. The Morgan fingerprint density at radius 3 is 0.660 bits per heavy atom. The van der Waals surface area contributed by atoms with E-state index < -0.39 is 97.5 Å². The van der Waals surface area contributed by atoms with Crippen molar-refractivity contribution in [1.82, 2.24) is 0 Å². The first kappa shape index (κ1) is 92.1. The maximum atomic E-state index is 13.1. The Kier molecular flexibility index (Phi) is 63.1. The Morgan fingerprint density at radius 1 is 0.266 bits per heavy atom. The van der Waals surface area contributed by atoms with Crippen molar-refractivity contribution in [2.45, 2.75) is 395 Å². The zero-order chi connectivity index (χ0) is 69.6. The van der Waals surface area contributed by atoms with E-state index in [9.17, 15) is 43.2 Å². The molecule has 5 atom stereocenters. The molecular weight excluding hydrogens is 1230 g/mol. The Morgan fingerprint density at radius 2 is 0.447 bits per heavy atom.